The van der Waals surface area contributed by atoms with E-state index in [0.29, 0.717) is 15.8 Å². The maximum atomic E-state index is 13.2. The average molecular weight is 254 g/mol. The van der Waals surface area contributed by atoms with Crippen LogP contribution < -0.4 is 0 Å². The van der Waals surface area contributed by atoms with Gasteiger partial charge in [0.1, 0.15) is 11.9 Å². The smallest absolute Gasteiger partial charge is 0.328 e. The Morgan fingerprint density at radius 3 is 2.94 bits per heavy atom. The Kier molecular flexibility index (Phi) is 2.97. The fourth-order valence-electron chi connectivity index (χ4n) is 1.76. The number of carbonyl (C=O) groups is 1. The number of imidazole rings is 1. The zero-order valence-corrected chi connectivity index (χ0v) is 10.2. The summed E-state index contributed by atoms with van der Waals surface area (Å²) in [6, 6.07) is 3.66. The van der Waals surface area contributed by atoms with Crippen molar-refractivity contribution in [1.82, 2.24) is 9.55 Å². The maximum Gasteiger partial charge on any atom is 0.328 e. The van der Waals surface area contributed by atoms with Gasteiger partial charge in [-0.05, 0) is 37.3 Å². The summed E-state index contributed by atoms with van der Waals surface area (Å²) in [5, 5.41) is 0. The number of H-pyrrole nitrogens is 1. The van der Waals surface area contributed by atoms with E-state index in [2.05, 4.69) is 9.72 Å². The van der Waals surface area contributed by atoms with Crippen LogP contribution in [0.5, 0.6) is 0 Å². The van der Waals surface area contributed by atoms with Gasteiger partial charge in [-0.1, -0.05) is 0 Å². The highest BCUT2D eigenvalue weighted by atomic mass is 32.1. The molecule has 1 atom stereocenters. The Bertz CT molecular complexity index is 632. The molecule has 0 aliphatic carbocycles. The molecule has 1 heterocycles. The van der Waals surface area contributed by atoms with Gasteiger partial charge in [0.2, 0.25) is 0 Å². The Morgan fingerprint density at radius 1 is 1.59 bits per heavy atom. The van der Waals surface area contributed by atoms with Crippen molar-refractivity contribution in [3.63, 3.8) is 0 Å². The summed E-state index contributed by atoms with van der Waals surface area (Å²) in [4.78, 5) is 14.4. The molecule has 6 heteroatoms. The summed E-state index contributed by atoms with van der Waals surface area (Å²) in [5.41, 5.74) is 1.24. The number of hydrogen-bond donors (Lipinski definition) is 1. The van der Waals surface area contributed by atoms with Crippen LogP contribution in [-0.4, -0.2) is 22.6 Å². The number of benzene rings is 1. The second-order valence-corrected chi connectivity index (χ2v) is 4.05. The minimum Gasteiger partial charge on any atom is -0.467 e. The zero-order chi connectivity index (χ0) is 12.6. The Balaban J connectivity index is 2.67. The maximum absolute atomic E-state index is 13.2. The van der Waals surface area contributed by atoms with Crippen LogP contribution in [0.2, 0.25) is 0 Å². The standard InChI is InChI=1S/C11H11FN2O2S/c1-6(10(15)16-2)14-9-5-7(12)3-4-8(9)13-11(14)17/h3-6H,1-2H3,(H,13,17). The van der Waals surface area contributed by atoms with Crippen molar-refractivity contribution in [2.75, 3.05) is 7.11 Å². The van der Waals surface area contributed by atoms with Crippen molar-refractivity contribution in [2.45, 2.75) is 13.0 Å². The number of halogens is 1. The molecule has 4 nitrogen and oxygen atoms in total. The van der Waals surface area contributed by atoms with E-state index in [1.54, 1.807) is 17.6 Å². The molecular weight excluding hydrogens is 243 g/mol. The van der Waals surface area contributed by atoms with Crippen LogP contribution in [0.1, 0.15) is 13.0 Å². The predicted molar refractivity (Wildman–Crippen MR) is 63.8 cm³/mol. The summed E-state index contributed by atoms with van der Waals surface area (Å²) in [6.07, 6.45) is 0. The van der Waals surface area contributed by atoms with Crippen LogP contribution in [0.15, 0.2) is 18.2 Å². The number of methoxy groups -OCH3 is 1. The molecule has 17 heavy (non-hydrogen) atoms. The van der Waals surface area contributed by atoms with E-state index in [1.165, 1.54) is 19.2 Å². The third kappa shape index (κ3) is 1.95. The molecule has 0 saturated heterocycles. The first-order chi connectivity index (χ1) is 8.04. The number of carbonyl (C=O) groups excluding carboxylic acids is 1. The quantitative estimate of drug-likeness (QED) is 0.662. The third-order valence-electron chi connectivity index (χ3n) is 2.61. The molecule has 0 aliphatic heterocycles. The van der Waals surface area contributed by atoms with Gasteiger partial charge in [-0.25, -0.2) is 9.18 Å². The van der Waals surface area contributed by atoms with Gasteiger partial charge in [-0.15, -0.1) is 0 Å². The lowest BCUT2D eigenvalue weighted by Gasteiger charge is -2.11. The largest absolute Gasteiger partial charge is 0.467 e. The third-order valence-corrected chi connectivity index (χ3v) is 2.91. The van der Waals surface area contributed by atoms with Gasteiger partial charge in [0, 0.05) is 0 Å². The number of rotatable bonds is 2. The van der Waals surface area contributed by atoms with Gasteiger partial charge in [0.05, 0.1) is 18.1 Å². The molecular formula is C11H11FN2O2S. The Hall–Kier alpha value is -1.69. The van der Waals surface area contributed by atoms with Crippen LogP contribution in [-0.2, 0) is 9.53 Å². The normalized spacial score (nSPS) is 12.6. The molecule has 0 saturated carbocycles. The topological polar surface area (TPSA) is 47.0 Å². The van der Waals surface area contributed by atoms with Gasteiger partial charge in [0.15, 0.2) is 4.77 Å². The first-order valence-electron chi connectivity index (χ1n) is 5.02. The lowest BCUT2D eigenvalue weighted by molar-refractivity contribution is -0.143. The molecule has 0 aliphatic rings. The lowest BCUT2D eigenvalue weighted by Crippen LogP contribution is -2.17. The van der Waals surface area contributed by atoms with E-state index in [1.807, 2.05) is 0 Å². The van der Waals surface area contributed by atoms with E-state index < -0.39 is 12.0 Å². The molecule has 0 radical (unpaired) electrons. The Morgan fingerprint density at radius 2 is 2.29 bits per heavy atom. The molecule has 1 aromatic carbocycles. The average Bonchev–Trinajstić information content (AvgIpc) is 2.62. The first kappa shape index (κ1) is 11.8. The summed E-state index contributed by atoms with van der Waals surface area (Å²) in [6.45, 7) is 1.65. The molecule has 1 unspecified atom stereocenters. The highest BCUT2D eigenvalue weighted by molar-refractivity contribution is 7.71. The van der Waals surface area contributed by atoms with Crippen LogP contribution in [0, 0.1) is 10.6 Å². The first-order valence-corrected chi connectivity index (χ1v) is 5.43. The zero-order valence-electron chi connectivity index (χ0n) is 9.36. The molecule has 1 N–H and O–H groups in total. The molecule has 2 rings (SSSR count). The second-order valence-electron chi connectivity index (χ2n) is 3.66. The van der Waals surface area contributed by atoms with E-state index in [9.17, 15) is 9.18 Å². The number of fused-ring (bicyclic) bond motifs is 1. The number of esters is 1. The highest BCUT2D eigenvalue weighted by Gasteiger charge is 2.19. The predicted octanol–water partition coefficient (Wildman–Crippen LogP) is 2.57. The SMILES string of the molecule is COC(=O)C(C)n1c(=S)[nH]c2ccc(F)cc21. The minimum atomic E-state index is -0.594. The van der Waals surface area contributed by atoms with E-state index in [0.717, 1.165) is 0 Å². The van der Waals surface area contributed by atoms with Crippen LogP contribution >= 0.6 is 12.2 Å². The molecule has 1 aromatic heterocycles. The van der Waals surface area contributed by atoms with Gasteiger partial charge in [-0.2, -0.15) is 0 Å². The number of hydrogen-bond acceptors (Lipinski definition) is 3. The van der Waals surface area contributed by atoms with Crippen molar-refractivity contribution in [1.29, 1.82) is 0 Å². The number of nitrogens with one attached hydrogen (secondary N) is 1. The van der Waals surface area contributed by atoms with Gasteiger partial charge in [0.25, 0.3) is 0 Å². The Labute approximate surface area is 102 Å². The van der Waals surface area contributed by atoms with Crippen molar-refractivity contribution >= 4 is 29.2 Å². The van der Waals surface area contributed by atoms with E-state index in [4.69, 9.17) is 12.2 Å². The second kappa shape index (κ2) is 4.29. The lowest BCUT2D eigenvalue weighted by atomic mass is 10.2. The summed E-state index contributed by atoms with van der Waals surface area (Å²) in [7, 11) is 1.30. The fraction of sp³-hybridized carbons (Fsp3) is 0.273. The van der Waals surface area contributed by atoms with Crippen LogP contribution in [0.4, 0.5) is 4.39 Å². The summed E-state index contributed by atoms with van der Waals surface area (Å²) >= 11 is 5.12. The molecule has 0 spiro atoms. The molecule has 90 valence electrons. The van der Waals surface area contributed by atoms with E-state index in [-0.39, 0.29) is 5.82 Å². The molecule has 0 fully saturated rings. The van der Waals surface area contributed by atoms with Gasteiger partial charge >= 0.3 is 5.97 Å². The highest BCUT2D eigenvalue weighted by Crippen LogP contribution is 2.20. The number of aromatic amines is 1. The van der Waals surface area contributed by atoms with Crippen molar-refractivity contribution in [2.24, 2.45) is 0 Å². The van der Waals surface area contributed by atoms with Gasteiger partial charge in [-0.3, -0.25) is 0 Å². The molecule has 0 amide bonds. The van der Waals surface area contributed by atoms with Crippen molar-refractivity contribution in [3.8, 4) is 0 Å². The number of nitrogens with zero attached hydrogens (tertiary/aromatic N) is 1. The number of ether oxygens (including phenoxy) is 1. The van der Waals surface area contributed by atoms with Crippen LogP contribution in [0.3, 0.4) is 0 Å². The van der Waals surface area contributed by atoms with E-state index >= 15 is 0 Å². The van der Waals surface area contributed by atoms with Gasteiger partial charge < -0.3 is 14.3 Å². The van der Waals surface area contributed by atoms with Crippen molar-refractivity contribution in [3.05, 3.63) is 28.8 Å². The van der Waals surface area contributed by atoms with Crippen molar-refractivity contribution < 1.29 is 13.9 Å². The monoisotopic (exact) mass is 254 g/mol. The molecule has 2 aromatic rings. The summed E-state index contributed by atoms with van der Waals surface area (Å²) < 4.78 is 19.8. The number of aromatic nitrogens is 2. The minimum absolute atomic E-state index is 0.364. The molecule has 0 bridgehead atoms. The summed E-state index contributed by atoms with van der Waals surface area (Å²) in [5.74, 6) is -0.802. The van der Waals surface area contributed by atoms with Crippen LogP contribution in [0.25, 0.3) is 11.0 Å². The fourth-order valence-corrected chi connectivity index (χ4v) is 2.12.